The summed E-state index contributed by atoms with van der Waals surface area (Å²) in [4.78, 5) is 2.06. The standard InChI is InChI=1S/C11H16F3N3O/c12-11(13,14)10-6-9(15-16-10)8-2-1-3-17(7-8)4-5-18/h6,8,18H,1-5,7H2,(H,15,16). The van der Waals surface area contributed by atoms with Crippen LogP contribution in [0.1, 0.15) is 30.1 Å². The molecule has 7 heteroatoms. The van der Waals surface area contributed by atoms with Crippen molar-refractivity contribution in [1.82, 2.24) is 15.1 Å². The Morgan fingerprint density at radius 2 is 2.28 bits per heavy atom. The summed E-state index contributed by atoms with van der Waals surface area (Å²) in [5.74, 6) is 0.0360. The second kappa shape index (κ2) is 5.27. The molecule has 1 aliphatic rings. The molecule has 0 radical (unpaired) electrons. The number of β-amino-alcohol motifs (C(OH)–C–C–N with tert-alkyl or cyclic N) is 1. The van der Waals surface area contributed by atoms with Gasteiger partial charge >= 0.3 is 6.18 Å². The Kier molecular flexibility index (Phi) is 3.91. The topological polar surface area (TPSA) is 52.1 Å². The molecule has 1 aliphatic heterocycles. The average molecular weight is 263 g/mol. The average Bonchev–Trinajstić information content (AvgIpc) is 2.78. The Labute approximate surface area is 103 Å². The van der Waals surface area contributed by atoms with E-state index in [9.17, 15) is 13.2 Å². The van der Waals surface area contributed by atoms with Crippen molar-refractivity contribution in [3.8, 4) is 0 Å². The van der Waals surface area contributed by atoms with Crippen molar-refractivity contribution < 1.29 is 18.3 Å². The monoisotopic (exact) mass is 263 g/mol. The molecule has 0 aliphatic carbocycles. The lowest BCUT2D eigenvalue weighted by Gasteiger charge is -2.31. The van der Waals surface area contributed by atoms with E-state index in [-0.39, 0.29) is 12.5 Å². The molecule has 1 aromatic rings. The second-order valence-corrected chi connectivity index (χ2v) is 4.57. The minimum atomic E-state index is -4.39. The molecule has 1 atom stereocenters. The summed E-state index contributed by atoms with van der Waals surface area (Å²) < 4.78 is 37.3. The summed E-state index contributed by atoms with van der Waals surface area (Å²) >= 11 is 0. The molecule has 2 heterocycles. The molecule has 102 valence electrons. The van der Waals surface area contributed by atoms with Gasteiger partial charge in [0.2, 0.25) is 0 Å². The Balaban J connectivity index is 2.05. The predicted octanol–water partition coefficient (Wildman–Crippen LogP) is 1.60. The molecule has 1 aromatic heterocycles. The van der Waals surface area contributed by atoms with Crippen LogP contribution in [0.25, 0.3) is 0 Å². The number of aromatic amines is 1. The summed E-state index contributed by atoms with van der Waals surface area (Å²) in [6, 6.07) is 1.09. The van der Waals surface area contributed by atoms with Crippen molar-refractivity contribution in [3.63, 3.8) is 0 Å². The number of hydrogen-bond donors (Lipinski definition) is 2. The van der Waals surface area contributed by atoms with Crippen LogP contribution in [0.4, 0.5) is 13.2 Å². The molecule has 0 saturated carbocycles. The molecule has 4 nitrogen and oxygen atoms in total. The summed E-state index contributed by atoms with van der Waals surface area (Å²) in [5, 5.41) is 14.7. The molecule has 18 heavy (non-hydrogen) atoms. The number of hydrogen-bond acceptors (Lipinski definition) is 3. The lowest BCUT2D eigenvalue weighted by atomic mass is 9.94. The maximum Gasteiger partial charge on any atom is 0.435 e. The van der Waals surface area contributed by atoms with E-state index in [1.165, 1.54) is 0 Å². The van der Waals surface area contributed by atoms with Gasteiger partial charge in [0.25, 0.3) is 0 Å². The number of alkyl halides is 3. The first-order valence-electron chi connectivity index (χ1n) is 5.96. The van der Waals surface area contributed by atoms with Crippen LogP contribution >= 0.6 is 0 Å². The fraction of sp³-hybridized carbons (Fsp3) is 0.727. The third-order valence-electron chi connectivity index (χ3n) is 3.25. The first-order valence-corrected chi connectivity index (χ1v) is 5.96. The minimum Gasteiger partial charge on any atom is -0.395 e. The summed E-state index contributed by atoms with van der Waals surface area (Å²) in [7, 11) is 0. The molecule has 2 N–H and O–H groups in total. The fourth-order valence-electron chi connectivity index (χ4n) is 2.34. The third-order valence-corrected chi connectivity index (χ3v) is 3.25. The number of aromatic nitrogens is 2. The van der Waals surface area contributed by atoms with Crippen molar-refractivity contribution >= 4 is 0 Å². The smallest absolute Gasteiger partial charge is 0.395 e. The highest BCUT2D eigenvalue weighted by molar-refractivity contribution is 5.16. The van der Waals surface area contributed by atoms with Gasteiger partial charge in [-0.05, 0) is 25.5 Å². The molecule has 0 aromatic carbocycles. The van der Waals surface area contributed by atoms with Crippen LogP contribution in [0.3, 0.4) is 0 Å². The van der Waals surface area contributed by atoms with Gasteiger partial charge in [-0.1, -0.05) is 0 Å². The zero-order chi connectivity index (χ0) is 13.2. The highest BCUT2D eigenvalue weighted by Crippen LogP contribution is 2.31. The van der Waals surface area contributed by atoms with Crippen molar-refractivity contribution in [3.05, 3.63) is 17.5 Å². The van der Waals surface area contributed by atoms with E-state index in [1.807, 2.05) is 0 Å². The number of aliphatic hydroxyl groups is 1. The van der Waals surface area contributed by atoms with Gasteiger partial charge in [0.1, 0.15) is 0 Å². The third kappa shape index (κ3) is 3.02. The molecule has 0 amide bonds. The molecule has 1 fully saturated rings. The van der Waals surface area contributed by atoms with E-state index in [4.69, 9.17) is 5.11 Å². The molecular formula is C11H16F3N3O. The molecule has 0 bridgehead atoms. The summed E-state index contributed by atoms with van der Waals surface area (Å²) in [5.41, 5.74) is -0.332. The maximum absolute atomic E-state index is 12.4. The molecule has 1 unspecified atom stereocenters. The first-order chi connectivity index (χ1) is 8.50. The summed E-state index contributed by atoms with van der Waals surface area (Å²) in [6.45, 7) is 2.19. The van der Waals surface area contributed by atoms with Crippen molar-refractivity contribution in [2.75, 3.05) is 26.2 Å². The number of piperidine rings is 1. The zero-order valence-corrected chi connectivity index (χ0v) is 9.87. The van der Waals surface area contributed by atoms with E-state index in [0.29, 0.717) is 18.8 Å². The summed E-state index contributed by atoms with van der Waals surface area (Å²) in [6.07, 6.45) is -2.62. The predicted molar refractivity (Wildman–Crippen MR) is 59.1 cm³/mol. The van der Waals surface area contributed by atoms with E-state index < -0.39 is 11.9 Å². The van der Waals surface area contributed by atoms with Crippen molar-refractivity contribution in [1.29, 1.82) is 0 Å². The van der Waals surface area contributed by atoms with Crippen LogP contribution in [0.2, 0.25) is 0 Å². The normalized spacial score (nSPS) is 22.3. The SMILES string of the molecule is OCCN1CCCC(c2cc(C(F)(F)F)n[nH]2)C1. The second-order valence-electron chi connectivity index (χ2n) is 4.57. The van der Waals surface area contributed by atoms with Crippen molar-refractivity contribution in [2.45, 2.75) is 24.9 Å². The van der Waals surface area contributed by atoms with Gasteiger partial charge in [0.05, 0.1) is 6.61 Å². The molecule has 1 saturated heterocycles. The van der Waals surface area contributed by atoms with E-state index in [0.717, 1.165) is 25.5 Å². The van der Waals surface area contributed by atoms with Gasteiger partial charge in [-0.15, -0.1) is 0 Å². The number of H-pyrrole nitrogens is 1. The number of nitrogens with one attached hydrogen (secondary N) is 1. The van der Waals surface area contributed by atoms with Crippen LogP contribution in [-0.2, 0) is 6.18 Å². The van der Waals surface area contributed by atoms with Crippen LogP contribution in [0, 0.1) is 0 Å². The Morgan fingerprint density at radius 1 is 1.50 bits per heavy atom. The maximum atomic E-state index is 12.4. The van der Waals surface area contributed by atoms with Gasteiger partial charge in [-0.2, -0.15) is 18.3 Å². The van der Waals surface area contributed by atoms with Crippen LogP contribution in [0.15, 0.2) is 6.07 Å². The molecular weight excluding hydrogens is 247 g/mol. The van der Waals surface area contributed by atoms with Gasteiger partial charge in [-0.3, -0.25) is 5.10 Å². The van der Waals surface area contributed by atoms with E-state index in [2.05, 4.69) is 15.1 Å². The number of aliphatic hydroxyl groups excluding tert-OH is 1. The quantitative estimate of drug-likeness (QED) is 0.871. The lowest BCUT2D eigenvalue weighted by Crippen LogP contribution is -2.36. The number of nitrogens with zero attached hydrogens (tertiary/aromatic N) is 2. The van der Waals surface area contributed by atoms with E-state index in [1.54, 1.807) is 0 Å². The number of halogens is 3. The van der Waals surface area contributed by atoms with Crippen LogP contribution in [-0.4, -0.2) is 46.4 Å². The number of likely N-dealkylation sites (tertiary alicyclic amines) is 1. The van der Waals surface area contributed by atoms with Gasteiger partial charge < -0.3 is 10.0 Å². The Hall–Kier alpha value is -1.08. The zero-order valence-electron chi connectivity index (χ0n) is 9.87. The lowest BCUT2D eigenvalue weighted by molar-refractivity contribution is -0.141. The molecule has 2 rings (SSSR count). The Bertz CT molecular complexity index is 389. The first kappa shape index (κ1) is 13.4. The largest absolute Gasteiger partial charge is 0.435 e. The highest BCUT2D eigenvalue weighted by Gasteiger charge is 2.35. The van der Waals surface area contributed by atoms with Gasteiger partial charge in [-0.25, -0.2) is 0 Å². The van der Waals surface area contributed by atoms with E-state index >= 15 is 0 Å². The van der Waals surface area contributed by atoms with Crippen LogP contribution < -0.4 is 0 Å². The highest BCUT2D eigenvalue weighted by atomic mass is 19.4. The minimum absolute atomic E-state index is 0.0360. The van der Waals surface area contributed by atoms with Gasteiger partial charge in [0.15, 0.2) is 5.69 Å². The van der Waals surface area contributed by atoms with Crippen LogP contribution in [0.5, 0.6) is 0 Å². The fourth-order valence-corrected chi connectivity index (χ4v) is 2.34. The van der Waals surface area contributed by atoms with Crippen molar-refractivity contribution in [2.24, 2.45) is 0 Å². The van der Waals surface area contributed by atoms with Gasteiger partial charge in [0, 0.05) is 24.7 Å². The molecule has 0 spiro atoms. The Morgan fingerprint density at radius 3 is 2.89 bits per heavy atom. The number of rotatable bonds is 3.